The van der Waals surface area contributed by atoms with E-state index in [1.54, 1.807) is 0 Å². The smallest absolute Gasteiger partial charge is 0.0499 e. The molecule has 2 atom stereocenters. The van der Waals surface area contributed by atoms with Crippen molar-refractivity contribution < 1.29 is 5.11 Å². The summed E-state index contributed by atoms with van der Waals surface area (Å²) < 4.78 is 0. The maximum absolute atomic E-state index is 9.87. The van der Waals surface area contributed by atoms with Gasteiger partial charge in [-0.2, -0.15) is 0 Å². The maximum Gasteiger partial charge on any atom is 0.0499 e. The van der Waals surface area contributed by atoms with Crippen LogP contribution in [0.5, 0.6) is 0 Å². The van der Waals surface area contributed by atoms with Crippen molar-refractivity contribution in [3.05, 3.63) is 35.4 Å². The van der Waals surface area contributed by atoms with Crippen LogP contribution in [-0.2, 0) is 0 Å². The van der Waals surface area contributed by atoms with E-state index >= 15 is 0 Å². The molecular formula is C19H29NO. The van der Waals surface area contributed by atoms with E-state index in [1.807, 2.05) is 0 Å². The van der Waals surface area contributed by atoms with Crippen molar-refractivity contribution in [2.75, 3.05) is 13.2 Å². The number of nitrogens with one attached hydrogen (secondary N) is 1. The quantitative estimate of drug-likeness (QED) is 0.871. The molecule has 0 aliphatic heterocycles. The molecule has 116 valence electrons. The number of rotatable bonds is 4. The van der Waals surface area contributed by atoms with Gasteiger partial charge in [0.05, 0.1) is 0 Å². The van der Waals surface area contributed by atoms with Crippen molar-refractivity contribution in [2.45, 2.75) is 63.8 Å². The molecule has 0 aromatic heterocycles. The van der Waals surface area contributed by atoms with Gasteiger partial charge in [-0.25, -0.2) is 0 Å². The minimum atomic E-state index is 0.135. The fourth-order valence-electron chi connectivity index (χ4n) is 4.25. The predicted octanol–water partition coefficient (Wildman–Crippen LogP) is 4.16. The average Bonchev–Trinajstić information content (AvgIpc) is 2.55. The lowest BCUT2D eigenvalue weighted by atomic mass is 9.74. The van der Waals surface area contributed by atoms with E-state index < -0.39 is 0 Å². The lowest BCUT2D eigenvalue weighted by Gasteiger charge is -2.38. The Morgan fingerprint density at radius 1 is 1.10 bits per heavy atom. The molecule has 1 aromatic rings. The van der Waals surface area contributed by atoms with Gasteiger partial charge in [-0.3, -0.25) is 0 Å². The van der Waals surface area contributed by atoms with Crippen LogP contribution in [0.1, 0.15) is 75.0 Å². The number of benzene rings is 1. The Morgan fingerprint density at radius 3 is 2.52 bits per heavy atom. The molecule has 21 heavy (non-hydrogen) atoms. The monoisotopic (exact) mass is 287 g/mol. The normalized spacial score (nSPS) is 28.1. The van der Waals surface area contributed by atoms with E-state index in [0.717, 1.165) is 6.54 Å². The van der Waals surface area contributed by atoms with Gasteiger partial charge in [-0.1, -0.05) is 50.5 Å². The molecule has 2 unspecified atom stereocenters. The van der Waals surface area contributed by atoms with Crippen LogP contribution in [0.15, 0.2) is 24.3 Å². The second kappa shape index (κ2) is 6.50. The highest BCUT2D eigenvalue weighted by Gasteiger charge is 2.33. The summed E-state index contributed by atoms with van der Waals surface area (Å²) in [6, 6.07) is 9.37. The third kappa shape index (κ3) is 3.17. The second-order valence-corrected chi connectivity index (χ2v) is 7.26. The molecular weight excluding hydrogens is 258 g/mol. The zero-order valence-corrected chi connectivity index (χ0v) is 13.3. The minimum Gasteiger partial charge on any atom is -0.396 e. The molecule has 0 amide bonds. The molecule has 0 heterocycles. The molecule has 2 nitrogen and oxygen atoms in total. The Morgan fingerprint density at radius 2 is 1.81 bits per heavy atom. The third-order valence-electron chi connectivity index (χ3n) is 5.76. The van der Waals surface area contributed by atoms with Gasteiger partial charge in [-0.15, -0.1) is 0 Å². The molecule has 2 aliphatic carbocycles. The number of aliphatic hydroxyl groups is 1. The number of aliphatic hydroxyl groups excluding tert-OH is 1. The first-order chi connectivity index (χ1) is 10.2. The minimum absolute atomic E-state index is 0.135. The predicted molar refractivity (Wildman–Crippen MR) is 87.4 cm³/mol. The van der Waals surface area contributed by atoms with Crippen LogP contribution < -0.4 is 5.32 Å². The molecule has 0 saturated heterocycles. The summed E-state index contributed by atoms with van der Waals surface area (Å²) in [6.07, 6.45) is 8.75. The lowest BCUT2D eigenvalue weighted by molar-refractivity contribution is 0.0774. The summed E-state index contributed by atoms with van der Waals surface area (Å²) in [5, 5.41) is 13.7. The Bertz CT molecular complexity index is 464. The summed E-state index contributed by atoms with van der Waals surface area (Å²) in [6.45, 7) is 3.65. The maximum atomic E-state index is 9.87. The fraction of sp³-hybridized carbons (Fsp3) is 0.684. The SMILES string of the molecule is CC1CCC(NCC2(CO)CCCCC2)c2ccccc21. The highest BCUT2D eigenvalue weighted by Crippen LogP contribution is 2.39. The summed E-state index contributed by atoms with van der Waals surface area (Å²) in [7, 11) is 0. The largest absolute Gasteiger partial charge is 0.396 e. The van der Waals surface area contributed by atoms with Gasteiger partial charge in [0.1, 0.15) is 0 Å². The van der Waals surface area contributed by atoms with Gasteiger partial charge >= 0.3 is 0 Å². The summed E-state index contributed by atoms with van der Waals surface area (Å²) in [5.41, 5.74) is 3.14. The summed E-state index contributed by atoms with van der Waals surface area (Å²) in [4.78, 5) is 0. The second-order valence-electron chi connectivity index (χ2n) is 7.26. The van der Waals surface area contributed by atoms with Gasteiger partial charge < -0.3 is 10.4 Å². The Balaban J connectivity index is 1.69. The van der Waals surface area contributed by atoms with Crippen molar-refractivity contribution in [2.24, 2.45) is 5.41 Å². The first-order valence-electron chi connectivity index (χ1n) is 8.67. The molecule has 3 rings (SSSR count). The number of hydrogen-bond acceptors (Lipinski definition) is 2. The van der Waals surface area contributed by atoms with Gasteiger partial charge in [0.25, 0.3) is 0 Å². The Hall–Kier alpha value is -0.860. The van der Waals surface area contributed by atoms with E-state index in [0.29, 0.717) is 18.6 Å². The molecule has 2 heteroatoms. The van der Waals surface area contributed by atoms with Gasteiger partial charge in [0, 0.05) is 24.6 Å². The molecule has 2 aliphatic rings. The van der Waals surface area contributed by atoms with Gasteiger partial charge in [0.2, 0.25) is 0 Å². The molecule has 1 saturated carbocycles. The third-order valence-corrected chi connectivity index (χ3v) is 5.76. The first-order valence-corrected chi connectivity index (χ1v) is 8.67. The summed E-state index contributed by atoms with van der Waals surface area (Å²) >= 11 is 0. The average molecular weight is 287 g/mol. The van der Waals surface area contributed by atoms with Crippen LogP contribution in [0.2, 0.25) is 0 Å². The standard InChI is InChI=1S/C19H29NO/c1-15-9-10-18(17-8-4-3-7-16(15)17)20-13-19(14-21)11-5-2-6-12-19/h3-4,7-8,15,18,20-21H,2,5-6,9-14H2,1H3. The van der Waals surface area contributed by atoms with Crippen molar-refractivity contribution in [3.8, 4) is 0 Å². The van der Waals surface area contributed by atoms with E-state index in [4.69, 9.17) is 0 Å². The number of hydrogen-bond donors (Lipinski definition) is 2. The van der Waals surface area contributed by atoms with Crippen LogP contribution in [0.4, 0.5) is 0 Å². The van der Waals surface area contributed by atoms with Crippen LogP contribution in [0.3, 0.4) is 0 Å². The van der Waals surface area contributed by atoms with Crippen molar-refractivity contribution >= 4 is 0 Å². The van der Waals surface area contributed by atoms with E-state index in [9.17, 15) is 5.11 Å². The highest BCUT2D eigenvalue weighted by atomic mass is 16.3. The van der Waals surface area contributed by atoms with E-state index in [2.05, 4.69) is 36.5 Å². The van der Waals surface area contributed by atoms with Crippen molar-refractivity contribution in [1.82, 2.24) is 5.32 Å². The topological polar surface area (TPSA) is 32.3 Å². The lowest BCUT2D eigenvalue weighted by Crippen LogP contribution is -2.41. The number of fused-ring (bicyclic) bond motifs is 1. The van der Waals surface area contributed by atoms with Crippen molar-refractivity contribution in [3.63, 3.8) is 0 Å². The van der Waals surface area contributed by atoms with Crippen LogP contribution in [0, 0.1) is 5.41 Å². The molecule has 0 spiro atoms. The van der Waals surface area contributed by atoms with E-state index in [-0.39, 0.29) is 5.41 Å². The highest BCUT2D eigenvalue weighted by molar-refractivity contribution is 5.34. The zero-order chi connectivity index (χ0) is 14.7. The fourth-order valence-corrected chi connectivity index (χ4v) is 4.25. The molecule has 1 aromatic carbocycles. The van der Waals surface area contributed by atoms with E-state index in [1.165, 1.54) is 56.1 Å². The first kappa shape index (κ1) is 15.1. The molecule has 0 bridgehead atoms. The van der Waals surface area contributed by atoms with Crippen molar-refractivity contribution in [1.29, 1.82) is 0 Å². The van der Waals surface area contributed by atoms with Crippen LogP contribution in [-0.4, -0.2) is 18.3 Å². The van der Waals surface area contributed by atoms with Crippen LogP contribution >= 0.6 is 0 Å². The van der Waals surface area contributed by atoms with Crippen LogP contribution in [0.25, 0.3) is 0 Å². The Labute approximate surface area is 129 Å². The summed E-state index contributed by atoms with van der Waals surface area (Å²) in [5.74, 6) is 0.681. The Kier molecular flexibility index (Phi) is 4.66. The van der Waals surface area contributed by atoms with Gasteiger partial charge in [0.15, 0.2) is 0 Å². The molecule has 0 radical (unpaired) electrons. The zero-order valence-electron chi connectivity index (χ0n) is 13.3. The van der Waals surface area contributed by atoms with Gasteiger partial charge in [-0.05, 0) is 42.7 Å². The molecule has 2 N–H and O–H groups in total. The molecule has 1 fully saturated rings.